The second-order valence-electron chi connectivity index (χ2n) is 3.97. The van der Waals surface area contributed by atoms with Gasteiger partial charge in [-0.25, -0.2) is 0 Å². The van der Waals surface area contributed by atoms with Gasteiger partial charge in [-0.05, 0) is 38.0 Å². The predicted octanol–water partition coefficient (Wildman–Crippen LogP) is 2.78. The van der Waals surface area contributed by atoms with Gasteiger partial charge in [-0.15, -0.1) is 0 Å². The lowest BCUT2D eigenvalue weighted by molar-refractivity contribution is 0.0830. The highest BCUT2D eigenvalue weighted by molar-refractivity contribution is 8.44. The molecule has 1 unspecified atom stereocenters. The molecule has 70 valence electrons. The maximum Gasteiger partial charge on any atom is 0.264 e. The van der Waals surface area contributed by atoms with Crippen molar-refractivity contribution in [2.75, 3.05) is 0 Å². The molecule has 2 N–H and O–H groups in total. The summed E-state index contributed by atoms with van der Waals surface area (Å²) in [5, 5.41) is 7.25. The monoisotopic (exact) mass is 207 g/mol. The van der Waals surface area contributed by atoms with Gasteiger partial charge in [-0.2, -0.15) is 0 Å². The Balaban J connectivity index is 2.08. The first kappa shape index (κ1) is 9.07. The molecule has 2 aliphatic rings. The number of thiol groups is 1. The van der Waals surface area contributed by atoms with Gasteiger partial charge in [0.05, 0.1) is 5.60 Å². The first-order chi connectivity index (χ1) is 5.49. The Hall–Kier alpha value is 0.500. The van der Waals surface area contributed by atoms with E-state index in [1.807, 2.05) is 0 Å². The van der Waals surface area contributed by atoms with Crippen LogP contribution < -0.4 is 0 Å². The van der Waals surface area contributed by atoms with Crippen molar-refractivity contribution in [3.63, 3.8) is 0 Å². The minimum atomic E-state index is -3.08. The van der Waals surface area contributed by atoms with Crippen LogP contribution in [0.5, 0.6) is 0 Å². The third-order valence-corrected chi connectivity index (χ3v) is 3.88. The van der Waals surface area contributed by atoms with Crippen LogP contribution in [-0.4, -0.2) is 10.5 Å². The quantitative estimate of drug-likeness (QED) is 0.481. The van der Waals surface area contributed by atoms with Crippen LogP contribution in [-0.2, 0) is 4.52 Å². The Labute approximate surface area is 77.7 Å². The fraction of sp³-hybridized carbons (Fsp3) is 1.00. The SMILES string of the molecule is N=P(O)(S)OC12CCC(CC1)C2. The lowest BCUT2D eigenvalue weighted by atomic mass is 9.98. The number of nitrogens with one attached hydrogen (secondary N) is 1. The Bertz CT molecular complexity index is 232. The molecule has 3 nitrogen and oxygen atoms in total. The van der Waals surface area contributed by atoms with Crippen LogP contribution in [0.2, 0.25) is 0 Å². The van der Waals surface area contributed by atoms with Gasteiger partial charge in [-0.3, -0.25) is 5.16 Å². The lowest BCUT2D eigenvalue weighted by Crippen LogP contribution is -2.24. The van der Waals surface area contributed by atoms with E-state index in [-0.39, 0.29) is 5.60 Å². The summed E-state index contributed by atoms with van der Waals surface area (Å²) in [5.41, 5.74) is -0.170. The van der Waals surface area contributed by atoms with Crippen LogP contribution in [0.25, 0.3) is 0 Å². The van der Waals surface area contributed by atoms with Crippen molar-refractivity contribution < 1.29 is 9.42 Å². The maximum absolute atomic E-state index is 9.21. The summed E-state index contributed by atoms with van der Waals surface area (Å²) in [7, 11) is 0. The van der Waals surface area contributed by atoms with E-state index in [1.54, 1.807) is 0 Å². The lowest BCUT2D eigenvalue weighted by Gasteiger charge is -2.28. The maximum atomic E-state index is 9.21. The van der Waals surface area contributed by atoms with Gasteiger partial charge in [-0.1, -0.05) is 12.2 Å². The number of hydrogen-bond donors (Lipinski definition) is 3. The van der Waals surface area contributed by atoms with Crippen LogP contribution in [0.15, 0.2) is 0 Å². The zero-order valence-corrected chi connectivity index (χ0v) is 8.65. The number of hydrogen-bond acceptors (Lipinski definition) is 2. The molecule has 0 aliphatic heterocycles. The summed E-state index contributed by atoms with van der Waals surface area (Å²) in [6.45, 7) is -3.08. The van der Waals surface area contributed by atoms with Crippen molar-refractivity contribution >= 4 is 19.0 Å². The molecule has 0 spiro atoms. The van der Waals surface area contributed by atoms with Crippen molar-refractivity contribution in [2.45, 2.75) is 37.7 Å². The molecule has 0 saturated heterocycles. The van der Waals surface area contributed by atoms with Gasteiger partial charge in [0.2, 0.25) is 0 Å². The summed E-state index contributed by atoms with van der Waals surface area (Å²) in [6.07, 6.45) is 5.47. The van der Waals surface area contributed by atoms with E-state index in [0.29, 0.717) is 0 Å². The Morgan fingerprint density at radius 1 is 1.50 bits per heavy atom. The molecule has 2 saturated carbocycles. The third kappa shape index (κ3) is 1.72. The van der Waals surface area contributed by atoms with Gasteiger partial charge < -0.3 is 9.42 Å². The standard InChI is InChI=1S/C7H14NO2PS/c8-11(9,12)10-7-3-1-6(5-7)2-4-7/h6H,1-5H2,(H3,8,9,12). The Kier molecular flexibility index (Phi) is 2.07. The van der Waals surface area contributed by atoms with Crippen LogP contribution in [0.4, 0.5) is 0 Å². The molecule has 5 heteroatoms. The van der Waals surface area contributed by atoms with Crippen molar-refractivity contribution in [1.29, 1.82) is 5.16 Å². The largest absolute Gasteiger partial charge is 0.332 e. The van der Waals surface area contributed by atoms with Crippen LogP contribution >= 0.6 is 19.0 Å². The number of rotatable bonds is 2. The molecule has 2 fully saturated rings. The molecule has 2 rings (SSSR count). The fourth-order valence-electron chi connectivity index (χ4n) is 2.54. The van der Waals surface area contributed by atoms with Crippen molar-refractivity contribution in [3.8, 4) is 0 Å². The molecular weight excluding hydrogens is 193 g/mol. The summed E-state index contributed by atoms with van der Waals surface area (Å²) >= 11 is 3.77. The second kappa shape index (κ2) is 2.74. The van der Waals surface area contributed by atoms with E-state index in [9.17, 15) is 4.89 Å². The Morgan fingerprint density at radius 3 is 2.42 bits per heavy atom. The van der Waals surface area contributed by atoms with Crippen LogP contribution in [0, 0.1) is 11.1 Å². The third-order valence-electron chi connectivity index (χ3n) is 3.00. The smallest absolute Gasteiger partial charge is 0.264 e. The zero-order valence-electron chi connectivity index (χ0n) is 6.86. The molecule has 2 bridgehead atoms. The van der Waals surface area contributed by atoms with Crippen LogP contribution in [0.1, 0.15) is 32.1 Å². The predicted molar refractivity (Wildman–Crippen MR) is 51.2 cm³/mol. The van der Waals surface area contributed by atoms with E-state index in [1.165, 1.54) is 12.8 Å². The van der Waals surface area contributed by atoms with Gasteiger partial charge in [0.15, 0.2) is 0 Å². The van der Waals surface area contributed by atoms with E-state index >= 15 is 0 Å². The number of fused-ring (bicyclic) bond motifs is 2. The fourth-order valence-corrected chi connectivity index (χ4v) is 3.85. The van der Waals surface area contributed by atoms with Gasteiger partial charge in [0.1, 0.15) is 0 Å². The summed E-state index contributed by atoms with van der Waals surface area (Å²) in [5.74, 6) is 0.782. The highest BCUT2D eigenvalue weighted by atomic mass is 32.7. The molecule has 0 aromatic carbocycles. The molecule has 0 aromatic rings. The first-order valence-electron chi connectivity index (χ1n) is 4.30. The van der Waals surface area contributed by atoms with Crippen molar-refractivity contribution in [2.24, 2.45) is 5.92 Å². The molecule has 0 amide bonds. The van der Waals surface area contributed by atoms with Crippen LogP contribution in [0.3, 0.4) is 0 Å². The molecule has 0 aromatic heterocycles. The summed E-state index contributed by atoms with van der Waals surface area (Å²) in [6, 6.07) is 0. The molecule has 2 aliphatic carbocycles. The van der Waals surface area contributed by atoms with Crippen molar-refractivity contribution in [1.82, 2.24) is 0 Å². The Morgan fingerprint density at radius 2 is 2.08 bits per heavy atom. The molecule has 12 heavy (non-hydrogen) atoms. The normalized spacial score (nSPS) is 44.7. The topological polar surface area (TPSA) is 53.3 Å². The van der Waals surface area contributed by atoms with Gasteiger partial charge in [0.25, 0.3) is 6.71 Å². The van der Waals surface area contributed by atoms with E-state index in [4.69, 9.17) is 9.69 Å². The van der Waals surface area contributed by atoms with Crippen molar-refractivity contribution in [3.05, 3.63) is 0 Å². The zero-order chi connectivity index (χ0) is 8.82. The van der Waals surface area contributed by atoms with E-state index < -0.39 is 6.71 Å². The van der Waals surface area contributed by atoms with E-state index in [2.05, 4.69) is 12.2 Å². The summed E-state index contributed by atoms with van der Waals surface area (Å²) in [4.78, 5) is 9.21. The highest BCUT2D eigenvalue weighted by Gasteiger charge is 2.47. The van der Waals surface area contributed by atoms with E-state index in [0.717, 1.165) is 25.2 Å². The summed E-state index contributed by atoms with van der Waals surface area (Å²) < 4.78 is 5.37. The average molecular weight is 207 g/mol. The minimum Gasteiger partial charge on any atom is -0.332 e. The minimum absolute atomic E-state index is 0.170. The second-order valence-corrected chi connectivity index (χ2v) is 6.86. The first-order valence-corrected chi connectivity index (χ1v) is 7.11. The highest BCUT2D eigenvalue weighted by Crippen LogP contribution is 2.60. The van der Waals surface area contributed by atoms with Gasteiger partial charge >= 0.3 is 0 Å². The van der Waals surface area contributed by atoms with Gasteiger partial charge in [0, 0.05) is 0 Å². The molecular formula is C7H14NO2PS. The molecule has 0 radical (unpaired) electrons. The molecule has 1 atom stereocenters. The molecule has 0 heterocycles. The average Bonchev–Trinajstić information content (AvgIpc) is 2.40.